The molecule has 0 unspecified atom stereocenters. The van der Waals surface area contributed by atoms with Gasteiger partial charge in [-0.1, -0.05) is 0 Å². The standard InChI is InChI=1S/C28H22O12/c29-23(30)17-1-5-19(6-2-17)25(33)37-13-15-39-27(35)21-9-11-22(12-10-21)28(36)40-16-14-38-26(34)20-7-3-18(4-8-20)24(31)32/h1-12H,13-16H2,(H,29,30)(H,31,32). The van der Waals surface area contributed by atoms with Crippen LogP contribution >= 0.6 is 0 Å². The zero-order chi connectivity index (χ0) is 29.1. The molecular weight excluding hydrogens is 528 g/mol. The van der Waals surface area contributed by atoms with Gasteiger partial charge in [0.1, 0.15) is 26.4 Å². The van der Waals surface area contributed by atoms with Crippen molar-refractivity contribution in [1.29, 1.82) is 0 Å². The summed E-state index contributed by atoms with van der Waals surface area (Å²) in [5, 5.41) is 17.7. The minimum atomic E-state index is -1.13. The Labute approximate surface area is 226 Å². The van der Waals surface area contributed by atoms with Crippen LogP contribution in [0, 0.1) is 0 Å². The van der Waals surface area contributed by atoms with E-state index in [9.17, 15) is 28.8 Å². The van der Waals surface area contributed by atoms with Gasteiger partial charge in [0.15, 0.2) is 0 Å². The largest absolute Gasteiger partial charge is 0.478 e. The topological polar surface area (TPSA) is 180 Å². The first kappa shape index (κ1) is 29.0. The van der Waals surface area contributed by atoms with E-state index in [4.69, 9.17) is 29.2 Å². The zero-order valence-electron chi connectivity index (χ0n) is 20.7. The van der Waals surface area contributed by atoms with Gasteiger partial charge in [0.25, 0.3) is 0 Å². The molecule has 0 bridgehead atoms. The van der Waals surface area contributed by atoms with E-state index in [1.807, 2.05) is 0 Å². The molecule has 3 rings (SSSR count). The molecule has 2 N–H and O–H groups in total. The van der Waals surface area contributed by atoms with Gasteiger partial charge in [-0.2, -0.15) is 0 Å². The van der Waals surface area contributed by atoms with Gasteiger partial charge in [0.05, 0.1) is 33.4 Å². The molecule has 0 aliphatic heterocycles. The number of benzene rings is 3. The van der Waals surface area contributed by atoms with Crippen molar-refractivity contribution in [3.8, 4) is 0 Å². The molecule has 3 aromatic carbocycles. The van der Waals surface area contributed by atoms with Gasteiger partial charge in [0.2, 0.25) is 0 Å². The minimum absolute atomic E-state index is 0.0225. The van der Waals surface area contributed by atoms with E-state index in [0.29, 0.717) is 0 Å². The minimum Gasteiger partial charge on any atom is -0.478 e. The molecule has 0 aromatic heterocycles. The summed E-state index contributed by atoms with van der Waals surface area (Å²) < 4.78 is 20.0. The molecule has 0 saturated carbocycles. The SMILES string of the molecule is O=C(O)c1ccc(C(=O)OCCOC(=O)c2ccc(C(=O)OCCOC(=O)c3ccc(C(=O)O)cc3)cc2)cc1. The highest BCUT2D eigenvalue weighted by atomic mass is 16.6. The predicted molar refractivity (Wildman–Crippen MR) is 134 cm³/mol. The molecule has 0 aliphatic rings. The van der Waals surface area contributed by atoms with Crippen LogP contribution in [0.3, 0.4) is 0 Å². The number of carboxylic acid groups (broad SMARTS) is 2. The second-order valence-electron chi connectivity index (χ2n) is 7.89. The lowest BCUT2D eigenvalue weighted by molar-refractivity contribution is 0.0263. The molecule has 0 amide bonds. The molecule has 0 heterocycles. The molecule has 40 heavy (non-hydrogen) atoms. The van der Waals surface area contributed by atoms with Crippen LogP contribution in [0.4, 0.5) is 0 Å². The van der Waals surface area contributed by atoms with Gasteiger partial charge in [0, 0.05) is 0 Å². The second kappa shape index (κ2) is 13.9. The van der Waals surface area contributed by atoms with Crippen LogP contribution in [0.5, 0.6) is 0 Å². The molecule has 0 atom stereocenters. The molecule has 12 heteroatoms. The Balaban J connectivity index is 1.35. The third-order valence-corrected chi connectivity index (χ3v) is 5.19. The van der Waals surface area contributed by atoms with Gasteiger partial charge in [-0.3, -0.25) is 0 Å². The van der Waals surface area contributed by atoms with E-state index < -0.39 is 35.8 Å². The van der Waals surface area contributed by atoms with E-state index in [-0.39, 0.29) is 59.8 Å². The maximum Gasteiger partial charge on any atom is 0.338 e. The summed E-state index contributed by atoms with van der Waals surface area (Å²) in [5.74, 6) is -5.10. The van der Waals surface area contributed by atoms with Crippen molar-refractivity contribution in [3.05, 3.63) is 106 Å². The molecule has 0 radical (unpaired) electrons. The van der Waals surface area contributed by atoms with Crippen LogP contribution in [-0.2, 0) is 18.9 Å². The summed E-state index contributed by atoms with van der Waals surface area (Å²) in [5.41, 5.74) is 0.599. The Morgan fingerprint density at radius 3 is 0.725 bits per heavy atom. The van der Waals surface area contributed by atoms with Gasteiger partial charge in [-0.05, 0) is 72.8 Å². The first-order valence-electron chi connectivity index (χ1n) is 11.6. The Kier molecular flexibility index (Phi) is 10.1. The summed E-state index contributed by atoms with van der Waals surface area (Å²) >= 11 is 0. The van der Waals surface area contributed by atoms with Crippen LogP contribution < -0.4 is 0 Å². The number of hydrogen-bond donors (Lipinski definition) is 2. The molecule has 0 aliphatic carbocycles. The number of carbonyl (C=O) groups is 6. The molecule has 206 valence electrons. The highest BCUT2D eigenvalue weighted by molar-refractivity contribution is 5.94. The number of esters is 4. The third kappa shape index (κ3) is 8.25. The Hall–Kier alpha value is -5.52. The van der Waals surface area contributed by atoms with Crippen molar-refractivity contribution in [1.82, 2.24) is 0 Å². The Morgan fingerprint density at radius 1 is 0.375 bits per heavy atom. The number of carbonyl (C=O) groups excluding carboxylic acids is 4. The van der Waals surface area contributed by atoms with Crippen molar-refractivity contribution >= 4 is 35.8 Å². The normalized spacial score (nSPS) is 10.2. The fourth-order valence-electron chi connectivity index (χ4n) is 3.11. The summed E-state index contributed by atoms with van der Waals surface area (Å²) in [7, 11) is 0. The van der Waals surface area contributed by atoms with Gasteiger partial charge >= 0.3 is 35.8 Å². The van der Waals surface area contributed by atoms with Crippen molar-refractivity contribution in [3.63, 3.8) is 0 Å². The number of ether oxygens (including phenoxy) is 4. The first-order chi connectivity index (χ1) is 19.2. The fourth-order valence-corrected chi connectivity index (χ4v) is 3.11. The fraction of sp³-hybridized carbons (Fsp3) is 0.143. The highest BCUT2D eigenvalue weighted by Gasteiger charge is 2.14. The van der Waals surface area contributed by atoms with Crippen molar-refractivity contribution in [2.45, 2.75) is 0 Å². The maximum atomic E-state index is 12.2. The van der Waals surface area contributed by atoms with Crippen LogP contribution in [0.2, 0.25) is 0 Å². The zero-order valence-corrected chi connectivity index (χ0v) is 20.7. The first-order valence-corrected chi connectivity index (χ1v) is 11.6. The van der Waals surface area contributed by atoms with Gasteiger partial charge in [-0.25, -0.2) is 28.8 Å². The summed E-state index contributed by atoms with van der Waals surface area (Å²) in [4.78, 5) is 70.0. The summed E-state index contributed by atoms with van der Waals surface area (Å²) in [6.45, 7) is -0.921. The van der Waals surface area contributed by atoms with Gasteiger partial charge < -0.3 is 29.2 Å². The van der Waals surface area contributed by atoms with Crippen molar-refractivity contribution < 1.29 is 57.9 Å². The van der Waals surface area contributed by atoms with E-state index >= 15 is 0 Å². The lowest BCUT2D eigenvalue weighted by Crippen LogP contribution is -2.15. The van der Waals surface area contributed by atoms with E-state index in [2.05, 4.69) is 0 Å². The Morgan fingerprint density at radius 2 is 0.550 bits per heavy atom. The molecule has 0 spiro atoms. The monoisotopic (exact) mass is 550 g/mol. The van der Waals surface area contributed by atoms with Crippen LogP contribution in [-0.4, -0.2) is 72.5 Å². The van der Waals surface area contributed by atoms with Crippen molar-refractivity contribution in [2.75, 3.05) is 26.4 Å². The summed E-state index contributed by atoms with van der Waals surface area (Å²) in [6.07, 6.45) is 0. The Bertz CT molecular complexity index is 1280. The number of aromatic carboxylic acids is 2. The number of hydrogen-bond acceptors (Lipinski definition) is 10. The summed E-state index contributed by atoms with van der Waals surface area (Å²) in [6, 6.07) is 15.7. The van der Waals surface area contributed by atoms with Crippen molar-refractivity contribution in [2.24, 2.45) is 0 Å². The average molecular weight is 550 g/mol. The quantitative estimate of drug-likeness (QED) is 0.191. The molecular formula is C28H22O12. The smallest absolute Gasteiger partial charge is 0.338 e. The van der Waals surface area contributed by atoms with E-state index in [1.165, 1.54) is 72.8 Å². The predicted octanol–water partition coefficient (Wildman–Crippen LogP) is 3.11. The lowest BCUT2D eigenvalue weighted by Gasteiger charge is -2.08. The van der Waals surface area contributed by atoms with E-state index in [0.717, 1.165) is 0 Å². The lowest BCUT2D eigenvalue weighted by atomic mass is 10.1. The maximum absolute atomic E-state index is 12.2. The second-order valence-corrected chi connectivity index (χ2v) is 7.89. The highest BCUT2D eigenvalue weighted by Crippen LogP contribution is 2.10. The number of carboxylic acids is 2. The molecule has 12 nitrogen and oxygen atoms in total. The van der Waals surface area contributed by atoms with Crippen LogP contribution in [0.25, 0.3) is 0 Å². The molecule has 0 saturated heterocycles. The molecule has 3 aromatic rings. The van der Waals surface area contributed by atoms with Crippen LogP contribution in [0.15, 0.2) is 72.8 Å². The van der Waals surface area contributed by atoms with E-state index in [1.54, 1.807) is 0 Å². The van der Waals surface area contributed by atoms with Crippen LogP contribution in [0.1, 0.15) is 62.1 Å². The van der Waals surface area contributed by atoms with Gasteiger partial charge in [-0.15, -0.1) is 0 Å². The third-order valence-electron chi connectivity index (χ3n) is 5.19. The average Bonchev–Trinajstić information content (AvgIpc) is 2.97. The molecule has 0 fully saturated rings. The number of rotatable bonds is 12.